The Morgan fingerprint density at radius 2 is 1.24 bits per heavy atom. The molecule has 25 heavy (non-hydrogen) atoms. The molecule has 0 atom stereocenters. The number of hydrogen-bond acceptors (Lipinski definition) is 2. The molecule has 0 bridgehead atoms. The quantitative estimate of drug-likeness (QED) is 0.466. The number of hydrogen-bond donors (Lipinski definition) is 4. The zero-order chi connectivity index (χ0) is 18.2. The topological polar surface area (TPSA) is 48.1 Å². The number of aryl methyl sites for hydroxylation is 1. The van der Waals surface area contributed by atoms with Crippen LogP contribution in [-0.4, -0.2) is 10.2 Å². The first-order valence-electron chi connectivity index (χ1n) is 8.31. The fourth-order valence-corrected chi connectivity index (χ4v) is 2.55. The Balaban J connectivity index is 1.77. The van der Waals surface area contributed by atoms with Gasteiger partial charge in [-0.2, -0.15) is 0 Å². The summed E-state index contributed by atoms with van der Waals surface area (Å²) in [5, 5.41) is 7.11. The Kier molecular flexibility index (Phi) is 7.16. The van der Waals surface area contributed by atoms with E-state index in [1.54, 1.807) is 0 Å². The molecule has 2 aromatic carbocycles. The highest BCUT2D eigenvalue weighted by Crippen LogP contribution is 2.17. The number of anilines is 2. The summed E-state index contributed by atoms with van der Waals surface area (Å²) in [5.41, 5.74) is 10.2. The highest BCUT2D eigenvalue weighted by Gasteiger charge is 2.02. The highest BCUT2D eigenvalue weighted by molar-refractivity contribution is 7.81. The van der Waals surface area contributed by atoms with E-state index in [1.807, 2.05) is 24.3 Å². The summed E-state index contributed by atoms with van der Waals surface area (Å²) < 4.78 is 0. The van der Waals surface area contributed by atoms with E-state index < -0.39 is 0 Å². The van der Waals surface area contributed by atoms with Crippen molar-refractivity contribution in [2.45, 2.75) is 33.1 Å². The van der Waals surface area contributed by atoms with Crippen LogP contribution in [-0.2, 0) is 6.42 Å². The van der Waals surface area contributed by atoms with Gasteiger partial charge in [-0.1, -0.05) is 45.0 Å². The molecular formula is C19H24N4S2. The number of rotatable bonds is 4. The molecule has 0 aliphatic rings. The second-order valence-electron chi connectivity index (χ2n) is 5.99. The average Bonchev–Trinajstić information content (AvgIpc) is 2.61. The van der Waals surface area contributed by atoms with Gasteiger partial charge in [0.1, 0.15) is 0 Å². The molecule has 0 spiro atoms. The fourth-order valence-electron chi connectivity index (χ4n) is 2.21. The van der Waals surface area contributed by atoms with Crippen molar-refractivity contribution in [3.8, 4) is 0 Å². The van der Waals surface area contributed by atoms with Gasteiger partial charge in [-0.3, -0.25) is 10.9 Å². The van der Waals surface area contributed by atoms with E-state index in [9.17, 15) is 0 Å². The lowest BCUT2D eigenvalue weighted by molar-refractivity contribution is 0.866. The van der Waals surface area contributed by atoms with Crippen molar-refractivity contribution in [2.24, 2.45) is 0 Å². The van der Waals surface area contributed by atoms with Gasteiger partial charge < -0.3 is 10.6 Å². The Hall–Kier alpha value is -2.18. The summed E-state index contributed by atoms with van der Waals surface area (Å²) >= 11 is 10.5. The predicted molar refractivity (Wildman–Crippen MR) is 115 cm³/mol. The first-order valence-corrected chi connectivity index (χ1v) is 9.12. The molecule has 0 fully saturated rings. The molecule has 0 aliphatic heterocycles. The number of hydrazine groups is 1. The predicted octanol–water partition coefficient (Wildman–Crippen LogP) is 4.56. The van der Waals surface area contributed by atoms with E-state index >= 15 is 0 Å². The maximum absolute atomic E-state index is 5.26. The second kappa shape index (κ2) is 9.34. The third kappa shape index (κ3) is 6.32. The summed E-state index contributed by atoms with van der Waals surface area (Å²) in [7, 11) is 0. The van der Waals surface area contributed by atoms with Gasteiger partial charge in [0.2, 0.25) is 0 Å². The van der Waals surface area contributed by atoms with Crippen molar-refractivity contribution >= 4 is 46.0 Å². The van der Waals surface area contributed by atoms with Crippen LogP contribution in [0.2, 0.25) is 0 Å². The fraction of sp³-hybridized carbons (Fsp3) is 0.263. The third-order valence-corrected chi connectivity index (χ3v) is 4.15. The molecule has 0 radical (unpaired) electrons. The Morgan fingerprint density at radius 3 is 1.64 bits per heavy atom. The summed E-state index contributed by atoms with van der Waals surface area (Å²) in [4.78, 5) is 0. The summed E-state index contributed by atoms with van der Waals surface area (Å²) in [6.45, 7) is 6.47. The first-order chi connectivity index (χ1) is 12.0. The molecule has 132 valence electrons. The normalized spacial score (nSPS) is 10.2. The minimum Gasteiger partial charge on any atom is -0.331 e. The molecule has 2 rings (SSSR count). The van der Waals surface area contributed by atoms with Crippen molar-refractivity contribution in [3.63, 3.8) is 0 Å². The lowest BCUT2D eigenvalue weighted by Gasteiger charge is -2.15. The van der Waals surface area contributed by atoms with Gasteiger partial charge in [0.05, 0.1) is 0 Å². The molecule has 0 amide bonds. The molecule has 4 nitrogen and oxygen atoms in total. The van der Waals surface area contributed by atoms with Crippen molar-refractivity contribution in [2.75, 3.05) is 10.6 Å². The van der Waals surface area contributed by atoms with Gasteiger partial charge in [0.15, 0.2) is 10.2 Å². The van der Waals surface area contributed by atoms with Crippen molar-refractivity contribution in [1.82, 2.24) is 10.9 Å². The van der Waals surface area contributed by atoms with Crippen LogP contribution in [0, 0.1) is 0 Å². The van der Waals surface area contributed by atoms with Crippen LogP contribution in [0.1, 0.15) is 37.8 Å². The Morgan fingerprint density at radius 1 is 0.800 bits per heavy atom. The van der Waals surface area contributed by atoms with E-state index in [1.165, 1.54) is 11.1 Å². The van der Waals surface area contributed by atoms with E-state index in [0.717, 1.165) is 17.8 Å². The standard InChI is InChI=1S/C19H24N4S2/c1-4-14-5-9-16(10-6-14)20-18(24)22-23-19(25)21-17-11-7-15(8-12-17)13(2)3/h5-13H,4H2,1-3H3,(H2,20,22,24)(H2,21,23,25). The van der Waals surface area contributed by atoms with Crippen LogP contribution in [0.4, 0.5) is 11.4 Å². The molecule has 0 unspecified atom stereocenters. The van der Waals surface area contributed by atoms with Gasteiger partial charge in [-0.25, -0.2) is 0 Å². The molecule has 0 heterocycles. The number of benzene rings is 2. The SMILES string of the molecule is CCc1ccc(NC(=S)NNC(=S)Nc2ccc(C(C)C)cc2)cc1. The highest BCUT2D eigenvalue weighted by atomic mass is 32.1. The second-order valence-corrected chi connectivity index (χ2v) is 6.80. The molecule has 2 aromatic rings. The lowest BCUT2D eigenvalue weighted by atomic mass is 10.0. The molecule has 0 aromatic heterocycles. The van der Waals surface area contributed by atoms with Crippen LogP contribution in [0.15, 0.2) is 48.5 Å². The molecular weight excluding hydrogens is 348 g/mol. The minimum atomic E-state index is 0.447. The third-order valence-electron chi connectivity index (χ3n) is 3.74. The average molecular weight is 373 g/mol. The van der Waals surface area contributed by atoms with Crippen LogP contribution in [0.5, 0.6) is 0 Å². The first kappa shape index (κ1) is 19.1. The van der Waals surface area contributed by atoms with Gasteiger partial charge in [0.25, 0.3) is 0 Å². The number of thiocarbonyl (C=S) groups is 2. The Bertz CT molecular complexity index is 709. The molecule has 6 heteroatoms. The molecule has 0 saturated carbocycles. The zero-order valence-corrected chi connectivity index (χ0v) is 16.4. The van der Waals surface area contributed by atoms with Gasteiger partial charge in [-0.15, -0.1) is 0 Å². The van der Waals surface area contributed by atoms with Gasteiger partial charge in [0, 0.05) is 11.4 Å². The van der Waals surface area contributed by atoms with Gasteiger partial charge in [-0.05, 0) is 72.2 Å². The summed E-state index contributed by atoms with van der Waals surface area (Å²) in [6.07, 6.45) is 1.02. The summed E-state index contributed by atoms with van der Waals surface area (Å²) in [6, 6.07) is 16.4. The number of nitrogens with one attached hydrogen (secondary N) is 4. The van der Waals surface area contributed by atoms with Gasteiger partial charge >= 0.3 is 0 Å². The zero-order valence-electron chi connectivity index (χ0n) is 14.7. The van der Waals surface area contributed by atoms with E-state index in [4.69, 9.17) is 24.4 Å². The molecule has 4 N–H and O–H groups in total. The minimum absolute atomic E-state index is 0.447. The van der Waals surface area contributed by atoms with E-state index in [2.05, 4.69) is 66.5 Å². The van der Waals surface area contributed by atoms with E-state index in [-0.39, 0.29) is 0 Å². The smallest absolute Gasteiger partial charge is 0.189 e. The van der Waals surface area contributed by atoms with Crippen molar-refractivity contribution in [3.05, 3.63) is 59.7 Å². The van der Waals surface area contributed by atoms with E-state index in [0.29, 0.717) is 16.1 Å². The monoisotopic (exact) mass is 372 g/mol. The lowest BCUT2D eigenvalue weighted by Crippen LogP contribution is -2.45. The van der Waals surface area contributed by atoms with Crippen LogP contribution < -0.4 is 21.5 Å². The molecule has 0 aliphatic carbocycles. The largest absolute Gasteiger partial charge is 0.331 e. The van der Waals surface area contributed by atoms with Crippen LogP contribution in [0.25, 0.3) is 0 Å². The Labute approximate surface area is 160 Å². The van der Waals surface area contributed by atoms with Crippen molar-refractivity contribution < 1.29 is 0 Å². The maximum atomic E-state index is 5.26. The van der Waals surface area contributed by atoms with Crippen LogP contribution in [0.3, 0.4) is 0 Å². The summed E-state index contributed by atoms with van der Waals surface area (Å²) in [5.74, 6) is 0.510. The van der Waals surface area contributed by atoms with Crippen LogP contribution >= 0.6 is 24.4 Å². The van der Waals surface area contributed by atoms with Crippen molar-refractivity contribution in [1.29, 1.82) is 0 Å². The molecule has 0 saturated heterocycles. The maximum Gasteiger partial charge on any atom is 0.189 e.